The lowest BCUT2D eigenvalue weighted by Crippen LogP contribution is -2.42. The van der Waals surface area contributed by atoms with Gasteiger partial charge >= 0.3 is 0 Å². The topological polar surface area (TPSA) is 0 Å². The third-order valence-corrected chi connectivity index (χ3v) is 10.2. The summed E-state index contributed by atoms with van der Waals surface area (Å²) >= 11 is 0. The molecule has 0 nitrogen and oxygen atoms in total. The van der Waals surface area contributed by atoms with Crippen LogP contribution in [0.1, 0.15) is 98.3 Å². The smallest absolute Gasteiger partial charge is 0.0131 e. The van der Waals surface area contributed by atoms with Crippen LogP contribution >= 0.6 is 0 Å². The van der Waals surface area contributed by atoms with Crippen LogP contribution in [0.15, 0.2) is 48.6 Å². The second-order valence-electron chi connectivity index (χ2n) is 11.9. The van der Waals surface area contributed by atoms with Crippen molar-refractivity contribution in [3.8, 4) is 0 Å². The van der Waals surface area contributed by atoms with Crippen LogP contribution < -0.4 is 0 Å². The molecule has 8 unspecified atom stereocenters. The fourth-order valence-electron chi connectivity index (χ4n) is 8.65. The van der Waals surface area contributed by atoms with E-state index in [4.69, 9.17) is 0 Å². The van der Waals surface area contributed by atoms with Crippen LogP contribution in [-0.2, 0) is 0 Å². The van der Waals surface area contributed by atoms with Gasteiger partial charge in [-0.3, -0.25) is 0 Å². The average molecular weight is 435 g/mol. The van der Waals surface area contributed by atoms with E-state index in [9.17, 15) is 0 Å². The molecule has 0 amide bonds. The number of unbranched alkanes of at least 4 members (excludes halogenated alkanes) is 3. The van der Waals surface area contributed by atoms with Gasteiger partial charge in [0.2, 0.25) is 0 Å². The summed E-state index contributed by atoms with van der Waals surface area (Å²) in [5.41, 5.74) is 0.522. The molecule has 0 spiro atoms. The maximum Gasteiger partial charge on any atom is -0.0131 e. The van der Waals surface area contributed by atoms with Gasteiger partial charge < -0.3 is 0 Å². The molecule has 2 saturated carbocycles. The van der Waals surface area contributed by atoms with Crippen LogP contribution in [-0.4, -0.2) is 0 Å². The normalized spacial score (nSPS) is 37.8. The Balaban J connectivity index is 1.73. The second-order valence-corrected chi connectivity index (χ2v) is 11.9. The molecule has 0 heterocycles. The molecule has 0 radical (unpaired) electrons. The molecule has 0 N–H and O–H groups in total. The molecule has 178 valence electrons. The molecule has 4 rings (SSSR count). The highest BCUT2D eigenvalue weighted by Crippen LogP contribution is 2.64. The lowest BCUT2D eigenvalue weighted by Gasteiger charge is -2.49. The lowest BCUT2D eigenvalue weighted by molar-refractivity contribution is 0.00992. The summed E-state index contributed by atoms with van der Waals surface area (Å²) in [6.45, 7) is 9.75. The number of rotatable bonds is 11. The van der Waals surface area contributed by atoms with Crippen molar-refractivity contribution in [3.05, 3.63) is 48.6 Å². The zero-order valence-corrected chi connectivity index (χ0v) is 21.5. The van der Waals surface area contributed by atoms with E-state index < -0.39 is 0 Å². The molecule has 2 fully saturated rings. The van der Waals surface area contributed by atoms with E-state index in [1.54, 1.807) is 0 Å². The first-order valence-electron chi connectivity index (χ1n) is 14.4. The zero-order chi connectivity index (χ0) is 22.6. The maximum atomic E-state index is 2.65. The molecule has 4 aliphatic carbocycles. The largest absolute Gasteiger partial charge is 0.0806 e. The quantitative estimate of drug-likeness (QED) is 0.303. The summed E-state index contributed by atoms with van der Waals surface area (Å²) in [6.07, 6.45) is 35.5. The molecule has 4 aliphatic rings. The molecule has 0 heteroatoms. The van der Waals surface area contributed by atoms with E-state index in [0.717, 1.165) is 47.3 Å². The minimum absolute atomic E-state index is 0.522. The summed E-state index contributed by atoms with van der Waals surface area (Å²) < 4.78 is 0. The summed E-state index contributed by atoms with van der Waals surface area (Å²) in [7, 11) is 0. The first-order valence-corrected chi connectivity index (χ1v) is 14.4. The standard InChI is InChI=1S/C32H50/c1-5-8-15-25-23-31(29-19-14-12-17-27(25)29)32(20-9-6-2,21-10-7-3)30-22-24(4)26-16-11-13-18-28(26)30/h11-14,16-19,24-31H,5-10,15,20-23H2,1-4H3. The van der Waals surface area contributed by atoms with Gasteiger partial charge in [0.05, 0.1) is 0 Å². The van der Waals surface area contributed by atoms with Gasteiger partial charge in [-0.05, 0) is 84.9 Å². The number of allylic oxidation sites excluding steroid dienone is 8. The van der Waals surface area contributed by atoms with Gasteiger partial charge in [-0.2, -0.15) is 0 Å². The van der Waals surface area contributed by atoms with E-state index in [1.165, 1.54) is 70.6 Å². The molecule has 32 heavy (non-hydrogen) atoms. The van der Waals surface area contributed by atoms with Gasteiger partial charge in [-0.25, -0.2) is 0 Å². The third-order valence-electron chi connectivity index (χ3n) is 10.2. The molecule has 0 bridgehead atoms. The molecular weight excluding hydrogens is 384 g/mol. The van der Waals surface area contributed by atoms with Gasteiger partial charge in [0.1, 0.15) is 0 Å². The van der Waals surface area contributed by atoms with Crippen LogP contribution in [0.5, 0.6) is 0 Å². The van der Waals surface area contributed by atoms with Crippen molar-refractivity contribution in [2.45, 2.75) is 98.3 Å². The van der Waals surface area contributed by atoms with Gasteiger partial charge in [0.25, 0.3) is 0 Å². The number of fused-ring (bicyclic) bond motifs is 2. The fourth-order valence-corrected chi connectivity index (χ4v) is 8.65. The molecule has 0 saturated heterocycles. The van der Waals surface area contributed by atoms with Crippen molar-refractivity contribution >= 4 is 0 Å². The maximum absolute atomic E-state index is 2.65. The van der Waals surface area contributed by atoms with E-state index in [0.29, 0.717) is 5.41 Å². The van der Waals surface area contributed by atoms with Crippen molar-refractivity contribution in [1.82, 2.24) is 0 Å². The van der Waals surface area contributed by atoms with Crippen LogP contribution in [0.2, 0.25) is 0 Å². The van der Waals surface area contributed by atoms with Crippen molar-refractivity contribution in [2.75, 3.05) is 0 Å². The van der Waals surface area contributed by atoms with Gasteiger partial charge in [0.15, 0.2) is 0 Å². The predicted octanol–water partition coefficient (Wildman–Crippen LogP) is 9.55. The SMILES string of the molecule is CCCCC1CC(C(CCCC)(CCCC)C2CC(C)C3C=CC=CC32)C2C=CC=CC12. The molecule has 0 aromatic rings. The lowest BCUT2D eigenvalue weighted by atomic mass is 9.55. The Morgan fingerprint density at radius 3 is 1.72 bits per heavy atom. The summed E-state index contributed by atoms with van der Waals surface area (Å²) in [5.74, 6) is 6.64. The van der Waals surface area contributed by atoms with Gasteiger partial charge in [-0.15, -0.1) is 0 Å². The third kappa shape index (κ3) is 4.50. The van der Waals surface area contributed by atoms with Crippen molar-refractivity contribution < 1.29 is 0 Å². The van der Waals surface area contributed by atoms with Crippen LogP contribution in [0.25, 0.3) is 0 Å². The predicted molar refractivity (Wildman–Crippen MR) is 140 cm³/mol. The summed E-state index contributed by atoms with van der Waals surface area (Å²) in [6, 6.07) is 0. The number of hydrogen-bond acceptors (Lipinski definition) is 0. The molecule has 0 aliphatic heterocycles. The van der Waals surface area contributed by atoms with Gasteiger partial charge in [-0.1, -0.05) is 115 Å². The molecule has 0 aromatic heterocycles. The Labute approximate surface area is 199 Å². The summed E-state index contributed by atoms with van der Waals surface area (Å²) in [5, 5.41) is 0. The van der Waals surface area contributed by atoms with E-state index >= 15 is 0 Å². The Morgan fingerprint density at radius 2 is 1.12 bits per heavy atom. The molecular formula is C32H50. The minimum Gasteiger partial charge on any atom is -0.0806 e. The fraction of sp³-hybridized carbons (Fsp3) is 0.750. The van der Waals surface area contributed by atoms with Gasteiger partial charge in [0, 0.05) is 0 Å². The highest BCUT2D eigenvalue weighted by atomic mass is 14.6. The van der Waals surface area contributed by atoms with Crippen LogP contribution in [0, 0.1) is 52.8 Å². The first-order chi connectivity index (χ1) is 15.7. The average Bonchev–Trinajstić information content (AvgIpc) is 3.37. The highest BCUT2D eigenvalue weighted by Gasteiger charge is 2.57. The Kier molecular flexibility index (Phi) is 8.23. The Bertz CT molecular complexity index is 698. The Hall–Kier alpha value is -1.04. The van der Waals surface area contributed by atoms with Crippen molar-refractivity contribution in [3.63, 3.8) is 0 Å². The monoisotopic (exact) mass is 434 g/mol. The van der Waals surface area contributed by atoms with Crippen molar-refractivity contribution in [2.24, 2.45) is 52.8 Å². The molecule has 0 aromatic carbocycles. The van der Waals surface area contributed by atoms with E-state index in [1.807, 2.05) is 0 Å². The van der Waals surface area contributed by atoms with E-state index in [2.05, 4.69) is 76.3 Å². The van der Waals surface area contributed by atoms with Crippen LogP contribution in [0.3, 0.4) is 0 Å². The van der Waals surface area contributed by atoms with Crippen molar-refractivity contribution in [1.29, 1.82) is 0 Å². The first kappa shape index (κ1) is 24.1. The molecule has 8 atom stereocenters. The number of hydrogen-bond donors (Lipinski definition) is 0. The summed E-state index contributed by atoms with van der Waals surface area (Å²) in [4.78, 5) is 0. The second kappa shape index (κ2) is 10.9. The minimum atomic E-state index is 0.522. The van der Waals surface area contributed by atoms with Crippen LogP contribution in [0.4, 0.5) is 0 Å². The Morgan fingerprint density at radius 1 is 0.625 bits per heavy atom. The zero-order valence-electron chi connectivity index (χ0n) is 21.5. The highest BCUT2D eigenvalue weighted by molar-refractivity contribution is 5.24. The van der Waals surface area contributed by atoms with E-state index in [-0.39, 0.29) is 0 Å².